The van der Waals surface area contributed by atoms with Crippen molar-refractivity contribution in [2.75, 3.05) is 20.2 Å². The predicted molar refractivity (Wildman–Crippen MR) is 96.9 cm³/mol. The molecule has 0 aliphatic heterocycles. The molecule has 7 heteroatoms. The summed E-state index contributed by atoms with van der Waals surface area (Å²) in [5, 5.41) is 6.45. The van der Waals surface area contributed by atoms with Crippen molar-refractivity contribution in [3.63, 3.8) is 0 Å². The summed E-state index contributed by atoms with van der Waals surface area (Å²) in [6.45, 7) is 2.67. The van der Waals surface area contributed by atoms with Crippen molar-refractivity contribution in [2.45, 2.75) is 45.1 Å². The van der Waals surface area contributed by atoms with Crippen LogP contribution in [0, 0.1) is 17.6 Å². The van der Waals surface area contributed by atoms with Gasteiger partial charge in [-0.05, 0) is 50.7 Å². The number of ether oxygens (including phenoxy) is 1. The predicted octanol–water partition coefficient (Wildman–Crippen LogP) is 2.79. The van der Waals surface area contributed by atoms with Crippen LogP contribution in [0.15, 0.2) is 23.2 Å². The molecule has 144 valence electrons. The van der Waals surface area contributed by atoms with Crippen LogP contribution in [0.4, 0.5) is 8.78 Å². The second-order valence-corrected chi connectivity index (χ2v) is 6.41. The Hall–Kier alpha value is -2.18. The highest BCUT2D eigenvalue weighted by Gasteiger charge is 2.27. The molecule has 1 saturated carbocycles. The van der Waals surface area contributed by atoms with E-state index >= 15 is 0 Å². The van der Waals surface area contributed by atoms with Gasteiger partial charge in [0.25, 0.3) is 0 Å². The van der Waals surface area contributed by atoms with Gasteiger partial charge in [0.2, 0.25) is 0 Å². The lowest BCUT2D eigenvalue weighted by Gasteiger charge is -2.29. The molecule has 5 nitrogen and oxygen atoms in total. The maximum Gasteiger partial charge on any atom is 0.308 e. The summed E-state index contributed by atoms with van der Waals surface area (Å²) in [4.78, 5) is 15.9. The van der Waals surface area contributed by atoms with E-state index in [0.717, 1.165) is 31.7 Å². The molecule has 0 bridgehead atoms. The van der Waals surface area contributed by atoms with E-state index in [-0.39, 0.29) is 17.9 Å². The van der Waals surface area contributed by atoms with Gasteiger partial charge in [0.15, 0.2) is 17.6 Å². The third-order valence-electron chi connectivity index (χ3n) is 4.63. The fourth-order valence-corrected chi connectivity index (χ4v) is 3.18. The lowest BCUT2D eigenvalue weighted by atomic mass is 9.86. The van der Waals surface area contributed by atoms with E-state index in [1.54, 1.807) is 13.1 Å². The van der Waals surface area contributed by atoms with Crippen LogP contribution in [0.25, 0.3) is 0 Å². The SMILES string of the molecule is CCOC(=O)C1CCC(NC(=NC)NCCc2cccc(F)c2F)CC1. The molecule has 0 spiro atoms. The highest BCUT2D eigenvalue weighted by atomic mass is 19.2. The van der Waals surface area contributed by atoms with E-state index in [9.17, 15) is 13.6 Å². The highest BCUT2D eigenvalue weighted by molar-refractivity contribution is 5.80. The van der Waals surface area contributed by atoms with Gasteiger partial charge in [-0.15, -0.1) is 0 Å². The van der Waals surface area contributed by atoms with E-state index in [2.05, 4.69) is 15.6 Å². The zero-order chi connectivity index (χ0) is 18.9. The zero-order valence-corrected chi connectivity index (χ0v) is 15.4. The van der Waals surface area contributed by atoms with Crippen molar-refractivity contribution >= 4 is 11.9 Å². The first kappa shape index (κ1) is 20.1. The fraction of sp³-hybridized carbons (Fsp3) is 0.579. The quantitative estimate of drug-likeness (QED) is 0.461. The van der Waals surface area contributed by atoms with Gasteiger partial charge in [0.05, 0.1) is 12.5 Å². The summed E-state index contributed by atoms with van der Waals surface area (Å²) >= 11 is 0. The summed E-state index contributed by atoms with van der Waals surface area (Å²) in [5.41, 5.74) is 0.336. The van der Waals surface area contributed by atoms with E-state index in [1.807, 2.05) is 6.92 Å². The summed E-state index contributed by atoms with van der Waals surface area (Å²) in [6, 6.07) is 4.42. The number of carbonyl (C=O) groups excluding carboxylic acids is 1. The molecule has 0 amide bonds. The summed E-state index contributed by atoms with van der Waals surface area (Å²) < 4.78 is 31.9. The molecule has 2 N–H and O–H groups in total. The number of carbonyl (C=O) groups is 1. The Labute approximate surface area is 153 Å². The third kappa shape index (κ3) is 5.68. The maximum atomic E-state index is 13.7. The number of hydrogen-bond acceptors (Lipinski definition) is 3. The van der Waals surface area contributed by atoms with Crippen LogP contribution in [0.2, 0.25) is 0 Å². The third-order valence-corrected chi connectivity index (χ3v) is 4.63. The van der Waals surface area contributed by atoms with Crippen LogP contribution in [0.1, 0.15) is 38.2 Å². The topological polar surface area (TPSA) is 62.7 Å². The molecule has 1 fully saturated rings. The first-order valence-corrected chi connectivity index (χ1v) is 9.11. The van der Waals surface area contributed by atoms with Gasteiger partial charge in [-0.3, -0.25) is 9.79 Å². The van der Waals surface area contributed by atoms with Crippen LogP contribution >= 0.6 is 0 Å². The summed E-state index contributed by atoms with van der Waals surface area (Å²) in [5.74, 6) is -1.12. The molecular formula is C19H27F2N3O2. The Bertz CT molecular complexity index is 629. The van der Waals surface area contributed by atoms with Crippen molar-refractivity contribution in [2.24, 2.45) is 10.9 Å². The smallest absolute Gasteiger partial charge is 0.308 e. The normalized spacial score (nSPS) is 20.5. The fourth-order valence-electron chi connectivity index (χ4n) is 3.18. The Morgan fingerprint density at radius 1 is 1.27 bits per heavy atom. The average molecular weight is 367 g/mol. The minimum atomic E-state index is -0.830. The average Bonchev–Trinajstić information content (AvgIpc) is 2.65. The molecule has 0 saturated heterocycles. The number of esters is 1. The second-order valence-electron chi connectivity index (χ2n) is 6.41. The monoisotopic (exact) mass is 367 g/mol. The van der Waals surface area contributed by atoms with Crippen molar-refractivity contribution < 1.29 is 18.3 Å². The number of rotatable bonds is 6. The van der Waals surface area contributed by atoms with Crippen LogP contribution in [-0.2, 0) is 16.0 Å². The van der Waals surface area contributed by atoms with Gasteiger partial charge in [-0.25, -0.2) is 8.78 Å². The van der Waals surface area contributed by atoms with Crippen LogP contribution in [0.5, 0.6) is 0 Å². The van der Waals surface area contributed by atoms with E-state index in [0.29, 0.717) is 31.1 Å². The molecule has 26 heavy (non-hydrogen) atoms. The molecular weight excluding hydrogens is 340 g/mol. The number of aliphatic imine (C=N–C) groups is 1. The molecule has 1 aromatic carbocycles. The molecule has 1 aromatic rings. The molecule has 1 aliphatic carbocycles. The summed E-state index contributed by atoms with van der Waals surface area (Å²) in [7, 11) is 1.67. The molecule has 0 aromatic heterocycles. The Morgan fingerprint density at radius 3 is 2.65 bits per heavy atom. The number of hydrogen-bond donors (Lipinski definition) is 2. The Kier molecular flexibility index (Phi) is 7.81. The number of halogens is 2. The zero-order valence-electron chi connectivity index (χ0n) is 15.4. The molecule has 0 radical (unpaired) electrons. The van der Waals surface area contributed by atoms with Crippen molar-refractivity contribution in [1.82, 2.24) is 10.6 Å². The number of benzene rings is 1. The minimum Gasteiger partial charge on any atom is -0.466 e. The van der Waals surface area contributed by atoms with Gasteiger partial charge >= 0.3 is 5.97 Å². The molecule has 1 aliphatic rings. The van der Waals surface area contributed by atoms with Gasteiger partial charge in [0, 0.05) is 19.6 Å². The Morgan fingerprint density at radius 2 is 2.00 bits per heavy atom. The molecule has 2 rings (SSSR count). The maximum absolute atomic E-state index is 13.7. The molecule has 0 heterocycles. The van der Waals surface area contributed by atoms with Crippen molar-refractivity contribution in [3.05, 3.63) is 35.4 Å². The van der Waals surface area contributed by atoms with E-state index in [1.165, 1.54) is 6.07 Å². The largest absolute Gasteiger partial charge is 0.466 e. The second kappa shape index (κ2) is 10.1. The summed E-state index contributed by atoms with van der Waals surface area (Å²) in [6.07, 6.45) is 3.68. The van der Waals surface area contributed by atoms with Gasteiger partial charge in [-0.1, -0.05) is 12.1 Å². The van der Waals surface area contributed by atoms with Crippen molar-refractivity contribution in [3.8, 4) is 0 Å². The lowest BCUT2D eigenvalue weighted by molar-refractivity contribution is -0.149. The first-order valence-electron chi connectivity index (χ1n) is 9.11. The number of nitrogens with one attached hydrogen (secondary N) is 2. The minimum absolute atomic E-state index is 0.0149. The standard InChI is InChI=1S/C19H27F2N3O2/c1-3-26-18(25)14-7-9-15(10-8-14)24-19(22-2)23-12-11-13-5-4-6-16(20)17(13)21/h4-6,14-15H,3,7-12H2,1-2H3,(H2,22,23,24). The number of guanidine groups is 1. The van der Waals surface area contributed by atoms with Crippen LogP contribution < -0.4 is 10.6 Å². The number of nitrogens with zero attached hydrogens (tertiary/aromatic N) is 1. The van der Waals surface area contributed by atoms with E-state index < -0.39 is 11.6 Å². The highest BCUT2D eigenvalue weighted by Crippen LogP contribution is 2.25. The lowest BCUT2D eigenvalue weighted by Crippen LogP contribution is -2.45. The van der Waals surface area contributed by atoms with Crippen LogP contribution in [-0.4, -0.2) is 38.2 Å². The van der Waals surface area contributed by atoms with Crippen molar-refractivity contribution in [1.29, 1.82) is 0 Å². The molecule has 0 unspecified atom stereocenters. The van der Waals surface area contributed by atoms with Gasteiger partial charge in [-0.2, -0.15) is 0 Å². The molecule has 0 atom stereocenters. The van der Waals surface area contributed by atoms with Gasteiger partial charge in [0.1, 0.15) is 0 Å². The Balaban J connectivity index is 1.75. The van der Waals surface area contributed by atoms with Gasteiger partial charge < -0.3 is 15.4 Å². The van der Waals surface area contributed by atoms with E-state index in [4.69, 9.17) is 4.74 Å². The van der Waals surface area contributed by atoms with Crippen LogP contribution in [0.3, 0.4) is 0 Å². The first-order chi connectivity index (χ1) is 12.5.